The van der Waals surface area contributed by atoms with Crippen LogP contribution in [-0.2, 0) is 0 Å². The highest BCUT2D eigenvalue weighted by Gasteiger charge is 1.88. The van der Waals surface area contributed by atoms with Crippen molar-refractivity contribution >= 4 is 6.21 Å². The summed E-state index contributed by atoms with van der Waals surface area (Å²) < 4.78 is 0. The Balaban J connectivity index is 4.10. The summed E-state index contributed by atoms with van der Waals surface area (Å²) in [5.74, 6) is 0. The summed E-state index contributed by atoms with van der Waals surface area (Å²) in [5, 5.41) is 6.85. The van der Waals surface area contributed by atoms with Crippen molar-refractivity contribution in [2.45, 2.75) is 13.3 Å². The normalized spacial score (nSPS) is 11.9. The van der Waals surface area contributed by atoms with Crippen LogP contribution in [0.2, 0.25) is 0 Å². The molecule has 0 aliphatic carbocycles. The average Bonchev–Trinajstić information content (AvgIpc) is 2.03. The van der Waals surface area contributed by atoms with Crippen LogP contribution in [-0.4, -0.2) is 6.21 Å². The molecule has 0 saturated heterocycles. The minimum absolute atomic E-state index is 0.546. The van der Waals surface area contributed by atoms with E-state index in [0.717, 1.165) is 12.6 Å². The van der Waals surface area contributed by atoms with E-state index in [4.69, 9.17) is 11.1 Å². The van der Waals surface area contributed by atoms with Crippen molar-refractivity contribution in [3.05, 3.63) is 36.1 Å². The highest BCUT2D eigenvalue weighted by Crippen LogP contribution is 1.96. The highest BCUT2D eigenvalue weighted by molar-refractivity contribution is 5.80. The number of hydrogen-bond donors (Lipinski definition) is 2. The third kappa shape index (κ3) is 4.14. The standard InChI is InChI=1S/C9H14N2/c1-3-4-5-6-9(11)8(2)7-10/h4-7,10H,2-3,11H2,1H3/b5-4-,9-6+,10-7?. The van der Waals surface area contributed by atoms with Crippen LogP contribution in [0.1, 0.15) is 13.3 Å². The van der Waals surface area contributed by atoms with Gasteiger partial charge in [-0.15, -0.1) is 0 Å². The molecule has 0 aromatic carbocycles. The Morgan fingerprint density at radius 2 is 2.27 bits per heavy atom. The Kier molecular flexibility index (Phi) is 4.82. The minimum Gasteiger partial charge on any atom is -0.398 e. The van der Waals surface area contributed by atoms with E-state index < -0.39 is 0 Å². The van der Waals surface area contributed by atoms with Gasteiger partial charge in [-0.05, 0) is 12.5 Å². The summed E-state index contributed by atoms with van der Waals surface area (Å²) in [4.78, 5) is 0. The molecule has 0 aromatic rings. The molecule has 0 radical (unpaired) electrons. The fourth-order valence-corrected chi connectivity index (χ4v) is 0.498. The lowest BCUT2D eigenvalue weighted by atomic mass is 10.2. The molecular formula is C9H14N2. The van der Waals surface area contributed by atoms with Gasteiger partial charge in [-0.25, -0.2) is 0 Å². The molecule has 2 nitrogen and oxygen atoms in total. The van der Waals surface area contributed by atoms with Crippen molar-refractivity contribution in [1.29, 1.82) is 5.41 Å². The second-order valence-electron chi connectivity index (χ2n) is 2.13. The second kappa shape index (κ2) is 5.47. The van der Waals surface area contributed by atoms with Crippen molar-refractivity contribution in [2.24, 2.45) is 5.73 Å². The molecule has 0 atom stereocenters. The van der Waals surface area contributed by atoms with Crippen LogP contribution >= 0.6 is 0 Å². The first-order valence-corrected chi connectivity index (χ1v) is 3.54. The van der Waals surface area contributed by atoms with Gasteiger partial charge < -0.3 is 11.1 Å². The van der Waals surface area contributed by atoms with E-state index in [-0.39, 0.29) is 0 Å². The third-order valence-corrected chi connectivity index (χ3v) is 1.19. The van der Waals surface area contributed by atoms with Gasteiger partial charge in [-0.3, -0.25) is 0 Å². The predicted octanol–water partition coefficient (Wildman–Crippen LogP) is 2.00. The topological polar surface area (TPSA) is 49.9 Å². The van der Waals surface area contributed by atoms with Crippen molar-refractivity contribution in [1.82, 2.24) is 0 Å². The number of hydrogen-bond acceptors (Lipinski definition) is 2. The highest BCUT2D eigenvalue weighted by atomic mass is 14.6. The summed E-state index contributed by atoms with van der Waals surface area (Å²) in [6.45, 7) is 5.63. The number of nitrogens with two attached hydrogens (primary N) is 1. The van der Waals surface area contributed by atoms with Crippen LogP contribution < -0.4 is 5.73 Å². The van der Waals surface area contributed by atoms with E-state index in [1.165, 1.54) is 0 Å². The predicted molar refractivity (Wildman–Crippen MR) is 49.6 cm³/mol. The molecule has 0 fully saturated rings. The molecule has 0 spiro atoms. The molecule has 0 aliphatic heterocycles. The number of rotatable bonds is 4. The molecule has 2 heteroatoms. The van der Waals surface area contributed by atoms with Gasteiger partial charge in [0.05, 0.1) is 0 Å². The summed E-state index contributed by atoms with van der Waals surface area (Å²) in [6, 6.07) is 0. The van der Waals surface area contributed by atoms with Crippen molar-refractivity contribution in [3.63, 3.8) is 0 Å². The monoisotopic (exact) mass is 150 g/mol. The van der Waals surface area contributed by atoms with Gasteiger partial charge in [-0.1, -0.05) is 25.7 Å². The molecule has 0 heterocycles. The maximum Gasteiger partial charge on any atom is 0.0396 e. The first-order chi connectivity index (χ1) is 5.22. The summed E-state index contributed by atoms with van der Waals surface area (Å²) in [7, 11) is 0. The molecular weight excluding hydrogens is 136 g/mol. The largest absolute Gasteiger partial charge is 0.398 e. The molecule has 0 bridgehead atoms. The Labute approximate surface area is 67.6 Å². The first kappa shape index (κ1) is 9.69. The molecule has 11 heavy (non-hydrogen) atoms. The molecule has 60 valence electrons. The van der Waals surface area contributed by atoms with Crippen LogP contribution in [0.4, 0.5) is 0 Å². The van der Waals surface area contributed by atoms with Gasteiger partial charge >= 0.3 is 0 Å². The molecule has 0 rings (SSSR count). The molecule has 3 N–H and O–H groups in total. The quantitative estimate of drug-likeness (QED) is 0.467. The fourth-order valence-electron chi connectivity index (χ4n) is 0.498. The lowest BCUT2D eigenvalue weighted by Crippen LogP contribution is -1.99. The van der Waals surface area contributed by atoms with Gasteiger partial charge in [-0.2, -0.15) is 0 Å². The molecule has 0 aliphatic rings. The van der Waals surface area contributed by atoms with Gasteiger partial charge in [0.1, 0.15) is 0 Å². The smallest absolute Gasteiger partial charge is 0.0396 e. The van der Waals surface area contributed by atoms with E-state index in [2.05, 4.69) is 6.58 Å². The van der Waals surface area contributed by atoms with Crippen LogP contribution in [0, 0.1) is 5.41 Å². The Hall–Kier alpha value is -1.31. The zero-order chi connectivity index (χ0) is 8.69. The van der Waals surface area contributed by atoms with Crippen LogP contribution in [0.3, 0.4) is 0 Å². The molecule has 0 unspecified atom stereocenters. The third-order valence-electron chi connectivity index (χ3n) is 1.19. The SMILES string of the molecule is C=C(C=N)/C(N)=C\C=C/CC. The maximum absolute atomic E-state index is 6.85. The van der Waals surface area contributed by atoms with E-state index in [9.17, 15) is 0 Å². The first-order valence-electron chi connectivity index (χ1n) is 3.54. The zero-order valence-electron chi connectivity index (χ0n) is 6.80. The number of allylic oxidation sites excluding steroid dienone is 4. The molecule has 0 aromatic heterocycles. The lowest BCUT2D eigenvalue weighted by molar-refractivity contribution is 1.22. The van der Waals surface area contributed by atoms with Gasteiger partial charge in [0.2, 0.25) is 0 Å². The lowest BCUT2D eigenvalue weighted by Gasteiger charge is -1.94. The minimum atomic E-state index is 0.546. The molecule has 0 amide bonds. The Bertz CT molecular complexity index is 200. The van der Waals surface area contributed by atoms with E-state index in [0.29, 0.717) is 11.3 Å². The van der Waals surface area contributed by atoms with E-state index in [1.807, 2.05) is 19.1 Å². The fraction of sp³-hybridized carbons (Fsp3) is 0.222. The average molecular weight is 150 g/mol. The Morgan fingerprint density at radius 1 is 1.64 bits per heavy atom. The number of nitrogens with one attached hydrogen (secondary N) is 1. The van der Waals surface area contributed by atoms with Gasteiger partial charge in [0.15, 0.2) is 0 Å². The van der Waals surface area contributed by atoms with Crippen molar-refractivity contribution < 1.29 is 0 Å². The summed E-state index contributed by atoms with van der Waals surface area (Å²) in [5.41, 5.74) is 6.62. The summed E-state index contributed by atoms with van der Waals surface area (Å²) >= 11 is 0. The van der Waals surface area contributed by atoms with E-state index in [1.54, 1.807) is 6.08 Å². The zero-order valence-corrected chi connectivity index (χ0v) is 6.80. The van der Waals surface area contributed by atoms with E-state index >= 15 is 0 Å². The second-order valence-corrected chi connectivity index (χ2v) is 2.13. The summed E-state index contributed by atoms with van der Waals surface area (Å²) in [6.07, 6.45) is 7.73. The van der Waals surface area contributed by atoms with Crippen molar-refractivity contribution in [2.75, 3.05) is 0 Å². The van der Waals surface area contributed by atoms with Crippen molar-refractivity contribution in [3.8, 4) is 0 Å². The molecule has 0 saturated carbocycles. The maximum atomic E-state index is 6.85. The van der Waals surface area contributed by atoms with Gasteiger partial charge in [0.25, 0.3) is 0 Å². The van der Waals surface area contributed by atoms with Crippen LogP contribution in [0.15, 0.2) is 36.1 Å². The van der Waals surface area contributed by atoms with Gasteiger partial charge in [0, 0.05) is 17.5 Å². The van der Waals surface area contributed by atoms with Crippen LogP contribution in [0.5, 0.6) is 0 Å². The van der Waals surface area contributed by atoms with Crippen LogP contribution in [0.25, 0.3) is 0 Å². The Morgan fingerprint density at radius 3 is 2.73 bits per heavy atom.